The van der Waals surface area contributed by atoms with Gasteiger partial charge in [-0.1, -0.05) is 6.92 Å². The lowest BCUT2D eigenvalue weighted by Crippen LogP contribution is -2.30. The summed E-state index contributed by atoms with van der Waals surface area (Å²) >= 11 is 0. The normalized spacial score (nSPS) is 14.2. The van der Waals surface area contributed by atoms with Crippen LogP contribution in [0.3, 0.4) is 0 Å². The number of H-pyrrole nitrogens is 1. The Morgan fingerprint density at radius 2 is 2.30 bits per heavy atom. The largest absolute Gasteiger partial charge is 0.393 e. The maximum atomic E-state index is 11.9. The van der Waals surface area contributed by atoms with Crippen molar-refractivity contribution in [1.82, 2.24) is 15.3 Å². The molecule has 2 rings (SSSR count). The molecule has 0 bridgehead atoms. The molecule has 2 atom stereocenters. The standard InChI is InChI=1S/C15H21N3O2/c1-10(6-11(2)19)8-17-14(20)7-12-9-18-15-13(12)4-3-5-16-15/h3-5,9-11,19H,6-8H2,1-2H3,(H,16,18)(H,17,20). The van der Waals surface area contributed by atoms with Crippen LogP contribution < -0.4 is 5.32 Å². The minimum absolute atomic E-state index is 0.00723. The second-order valence-electron chi connectivity index (χ2n) is 5.38. The van der Waals surface area contributed by atoms with Crippen molar-refractivity contribution >= 4 is 16.9 Å². The Kier molecular flexibility index (Phi) is 4.74. The lowest BCUT2D eigenvalue weighted by molar-refractivity contribution is -0.120. The first-order valence-electron chi connectivity index (χ1n) is 6.92. The molecule has 2 aromatic heterocycles. The van der Waals surface area contributed by atoms with Gasteiger partial charge in [-0.3, -0.25) is 4.79 Å². The fourth-order valence-electron chi connectivity index (χ4n) is 2.35. The molecule has 0 aliphatic rings. The molecule has 1 amide bonds. The maximum Gasteiger partial charge on any atom is 0.224 e. The Morgan fingerprint density at radius 3 is 3.05 bits per heavy atom. The van der Waals surface area contributed by atoms with Crippen molar-refractivity contribution in [1.29, 1.82) is 0 Å². The van der Waals surface area contributed by atoms with Crippen molar-refractivity contribution in [2.75, 3.05) is 6.54 Å². The molecule has 0 fully saturated rings. The fraction of sp³-hybridized carbons (Fsp3) is 0.467. The number of aromatic nitrogens is 2. The Hall–Kier alpha value is -1.88. The molecule has 2 unspecified atom stereocenters. The highest BCUT2D eigenvalue weighted by molar-refractivity contribution is 5.86. The van der Waals surface area contributed by atoms with Gasteiger partial charge < -0.3 is 15.4 Å². The van der Waals surface area contributed by atoms with Gasteiger partial charge in [0.25, 0.3) is 0 Å². The first-order valence-corrected chi connectivity index (χ1v) is 6.92. The van der Waals surface area contributed by atoms with Crippen LogP contribution in [-0.4, -0.2) is 33.6 Å². The van der Waals surface area contributed by atoms with Crippen molar-refractivity contribution in [3.8, 4) is 0 Å². The second-order valence-corrected chi connectivity index (χ2v) is 5.38. The van der Waals surface area contributed by atoms with Gasteiger partial charge in [-0.2, -0.15) is 0 Å². The summed E-state index contributed by atoms with van der Waals surface area (Å²) in [5, 5.41) is 13.2. The van der Waals surface area contributed by atoms with Crippen LogP contribution in [0.15, 0.2) is 24.5 Å². The molecule has 0 spiro atoms. The molecule has 108 valence electrons. The predicted molar refractivity (Wildman–Crippen MR) is 78.3 cm³/mol. The van der Waals surface area contributed by atoms with E-state index in [2.05, 4.69) is 15.3 Å². The van der Waals surface area contributed by atoms with Gasteiger partial charge >= 0.3 is 0 Å². The van der Waals surface area contributed by atoms with Crippen molar-refractivity contribution in [3.05, 3.63) is 30.1 Å². The van der Waals surface area contributed by atoms with Gasteiger partial charge in [-0.15, -0.1) is 0 Å². The third-order valence-electron chi connectivity index (χ3n) is 3.28. The van der Waals surface area contributed by atoms with Gasteiger partial charge in [0, 0.05) is 24.3 Å². The van der Waals surface area contributed by atoms with Crippen LogP contribution in [0.2, 0.25) is 0 Å². The van der Waals surface area contributed by atoms with Gasteiger partial charge in [-0.05, 0) is 37.0 Å². The van der Waals surface area contributed by atoms with E-state index >= 15 is 0 Å². The first-order chi connectivity index (χ1) is 9.56. The zero-order valence-electron chi connectivity index (χ0n) is 11.9. The monoisotopic (exact) mass is 275 g/mol. The number of nitrogens with zero attached hydrogens (tertiary/aromatic N) is 1. The number of hydrogen-bond donors (Lipinski definition) is 3. The third kappa shape index (κ3) is 3.81. The summed E-state index contributed by atoms with van der Waals surface area (Å²) in [6.45, 7) is 4.37. The van der Waals surface area contributed by atoms with E-state index in [0.29, 0.717) is 19.4 Å². The number of nitrogens with one attached hydrogen (secondary N) is 2. The average molecular weight is 275 g/mol. The minimum atomic E-state index is -0.332. The number of aliphatic hydroxyl groups is 1. The van der Waals surface area contributed by atoms with E-state index in [1.54, 1.807) is 13.1 Å². The Balaban J connectivity index is 1.88. The van der Waals surface area contributed by atoms with Crippen LogP contribution in [0.5, 0.6) is 0 Å². The van der Waals surface area contributed by atoms with Crippen LogP contribution in [0, 0.1) is 5.92 Å². The molecule has 0 aliphatic heterocycles. The number of aliphatic hydroxyl groups excluding tert-OH is 1. The Morgan fingerprint density at radius 1 is 1.50 bits per heavy atom. The molecule has 5 nitrogen and oxygen atoms in total. The molecule has 0 radical (unpaired) electrons. The lowest BCUT2D eigenvalue weighted by atomic mass is 10.0. The third-order valence-corrected chi connectivity index (χ3v) is 3.28. The van der Waals surface area contributed by atoms with Gasteiger partial charge in [0.05, 0.1) is 12.5 Å². The number of rotatable bonds is 6. The van der Waals surface area contributed by atoms with Crippen molar-refractivity contribution in [2.24, 2.45) is 5.92 Å². The Bertz CT molecular complexity index is 577. The van der Waals surface area contributed by atoms with E-state index in [0.717, 1.165) is 16.6 Å². The second kappa shape index (κ2) is 6.52. The van der Waals surface area contributed by atoms with Gasteiger partial charge in [0.2, 0.25) is 5.91 Å². The van der Waals surface area contributed by atoms with Gasteiger partial charge in [-0.25, -0.2) is 4.98 Å². The quantitative estimate of drug-likeness (QED) is 0.749. The number of pyridine rings is 1. The molecular weight excluding hydrogens is 254 g/mol. The topological polar surface area (TPSA) is 78.0 Å². The zero-order chi connectivity index (χ0) is 14.5. The first kappa shape index (κ1) is 14.5. The number of carbonyl (C=O) groups is 1. The highest BCUT2D eigenvalue weighted by Gasteiger charge is 2.11. The predicted octanol–water partition coefficient (Wildman–Crippen LogP) is 1.63. The number of amides is 1. The van der Waals surface area contributed by atoms with Crippen LogP contribution >= 0.6 is 0 Å². The summed E-state index contributed by atoms with van der Waals surface area (Å²) < 4.78 is 0. The molecule has 0 aromatic carbocycles. The van der Waals surface area contributed by atoms with E-state index in [4.69, 9.17) is 0 Å². The van der Waals surface area contributed by atoms with E-state index in [9.17, 15) is 9.90 Å². The van der Waals surface area contributed by atoms with E-state index in [1.807, 2.05) is 25.3 Å². The van der Waals surface area contributed by atoms with E-state index < -0.39 is 0 Å². The lowest BCUT2D eigenvalue weighted by Gasteiger charge is -2.14. The van der Waals surface area contributed by atoms with Crippen LogP contribution in [0.4, 0.5) is 0 Å². The van der Waals surface area contributed by atoms with E-state index in [1.165, 1.54) is 0 Å². The molecule has 2 aromatic rings. The van der Waals surface area contributed by atoms with E-state index in [-0.39, 0.29) is 17.9 Å². The smallest absolute Gasteiger partial charge is 0.224 e. The van der Waals surface area contributed by atoms with Crippen molar-refractivity contribution in [3.63, 3.8) is 0 Å². The van der Waals surface area contributed by atoms with Crippen LogP contribution in [0.25, 0.3) is 11.0 Å². The number of fused-ring (bicyclic) bond motifs is 1. The highest BCUT2D eigenvalue weighted by Crippen LogP contribution is 2.16. The number of hydrogen-bond acceptors (Lipinski definition) is 3. The summed E-state index contributed by atoms with van der Waals surface area (Å²) in [6.07, 6.45) is 4.25. The molecule has 3 N–H and O–H groups in total. The summed E-state index contributed by atoms with van der Waals surface area (Å²) in [5.74, 6) is 0.260. The zero-order valence-corrected chi connectivity index (χ0v) is 11.9. The SMILES string of the molecule is CC(O)CC(C)CNC(=O)Cc1c[nH]c2ncccc12. The summed E-state index contributed by atoms with van der Waals surface area (Å²) in [5.41, 5.74) is 1.76. The number of aromatic amines is 1. The molecule has 0 saturated heterocycles. The maximum absolute atomic E-state index is 11.9. The van der Waals surface area contributed by atoms with Crippen molar-refractivity contribution in [2.45, 2.75) is 32.8 Å². The summed E-state index contributed by atoms with van der Waals surface area (Å²) in [4.78, 5) is 19.2. The molecule has 2 heterocycles. The number of carbonyl (C=O) groups excluding carboxylic acids is 1. The molecule has 0 aliphatic carbocycles. The van der Waals surface area contributed by atoms with Crippen molar-refractivity contribution < 1.29 is 9.90 Å². The van der Waals surface area contributed by atoms with Gasteiger partial charge in [0.1, 0.15) is 5.65 Å². The molecule has 0 saturated carbocycles. The van der Waals surface area contributed by atoms with Crippen LogP contribution in [0.1, 0.15) is 25.8 Å². The molecule has 5 heteroatoms. The summed E-state index contributed by atoms with van der Waals surface area (Å²) in [7, 11) is 0. The Labute approximate surface area is 118 Å². The summed E-state index contributed by atoms with van der Waals surface area (Å²) in [6, 6.07) is 3.82. The highest BCUT2D eigenvalue weighted by atomic mass is 16.3. The van der Waals surface area contributed by atoms with Gasteiger partial charge in [0.15, 0.2) is 0 Å². The minimum Gasteiger partial charge on any atom is -0.393 e. The molecular formula is C15H21N3O2. The van der Waals surface area contributed by atoms with Crippen LogP contribution in [-0.2, 0) is 11.2 Å². The average Bonchev–Trinajstić information content (AvgIpc) is 2.79. The fourth-order valence-corrected chi connectivity index (χ4v) is 2.35. The molecule has 20 heavy (non-hydrogen) atoms.